The van der Waals surface area contributed by atoms with Gasteiger partial charge in [0.15, 0.2) is 0 Å². The van der Waals surface area contributed by atoms with Gasteiger partial charge in [-0.1, -0.05) is 18.2 Å². The maximum Gasteiger partial charge on any atom is 0.245 e. The maximum atomic E-state index is 13.8. The molecule has 138 valence electrons. The number of amides is 1. The summed E-state index contributed by atoms with van der Waals surface area (Å²) in [7, 11) is -3.93. The first kappa shape index (κ1) is 18.5. The van der Waals surface area contributed by atoms with Crippen LogP contribution in [0.1, 0.15) is 12.8 Å². The zero-order valence-corrected chi connectivity index (χ0v) is 14.7. The lowest BCUT2D eigenvalue weighted by Crippen LogP contribution is -2.41. The molecule has 1 N–H and O–H groups in total. The molecule has 0 bridgehead atoms. The molecule has 1 aliphatic heterocycles. The summed E-state index contributed by atoms with van der Waals surface area (Å²) in [5.41, 5.74) is 0.358. The smallest absolute Gasteiger partial charge is 0.245 e. The van der Waals surface area contributed by atoms with E-state index >= 15 is 0 Å². The van der Waals surface area contributed by atoms with E-state index in [0.29, 0.717) is 18.5 Å². The Morgan fingerprint density at radius 3 is 2.38 bits per heavy atom. The van der Waals surface area contributed by atoms with E-state index in [2.05, 4.69) is 5.32 Å². The summed E-state index contributed by atoms with van der Waals surface area (Å²) in [6.45, 7) is 0.246. The second-order valence-electron chi connectivity index (χ2n) is 6.11. The molecule has 2 aromatic carbocycles. The highest BCUT2D eigenvalue weighted by molar-refractivity contribution is 7.89. The molecule has 1 fully saturated rings. The second-order valence-corrected chi connectivity index (χ2v) is 8.01. The van der Waals surface area contributed by atoms with Crippen LogP contribution in [-0.4, -0.2) is 31.7 Å². The fourth-order valence-corrected chi connectivity index (χ4v) is 4.50. The standard InChI is InChI=1S/C18H18F2N2O3S/c19-14-4-3-5-15(12-14)21-18(23)13-8-10-22(11-9-13)26(24,25)17-7-2-1-6-16(17)20/h1-7,12-13H,8-11H2,(H,21,23). The number of carbonyl (C=O) groups excluding carboxylic acids is 1. The van der Waals surface area contributed by atoms with E-state index in [1.54, 1.807) is 6.07 Å². The van der Waals surface area contributed by atoms with Gasteiger partial charge in [-0.05, 0) is 43.2 Å². The molecule has 0 aliphatic carbocycles. The first-order chi connectivity index (χ1) is 12.4. The van der Waals surface area contributed by atoms with Crippen molar-refractivity contribution in [1.82, 2.24) is 4.31 Å². The molecule has 0 radical (unpaired) electrons. The number of piperidine rings is 1. The number of nitrogens with zero attached hydrogens (tertiary/aromatic N) is 1. The molecule has 26 heavy (non-hydrogen) atoms. The summed E-state index contributed by atoms with van der Waals surface area (Å²) in [6, 6.07) is 10.8. The van der Waals surface area contributed by atoms with Crippen molar-refractivity contribution < 1.29 is 22.0 Å². The predicted octanol–water partition coefficient (Wildman–Crippen LogP) is 3.00. The first-order valence-electron chi connectivity index (χ1n) is 8.19. The Kier molecular flexibility index (Phi) is 5.33. The Bertz CT molecular complexity index is 910. The van der Waals surface area contributed by atoms with Crippen LogP contribution < -0.4 is 5.32 Å². The summed E-state index contributed by atoms with van der Waals surface area (Å²) >= 11 is 0. The molecule has 0 saturated carbocycles. The molecule has 0 unspecified atom stereocenters. The number of carbonyl (C=O) groups is 1. The van der Waals surface area contributed by atoms with E-state index < -0.39 is 21.7 Å². The van der Waals surface area contributed by atoms with Gasteiger partial charge >= 0.3 is 0 Å². The van der Waals surface area contributed by atoms with Crippen molar-refractivity contribution in [2.45, 2.75) is 17.7 Å². The highest BCUT2D eigenvalue weighted by Crippen LogP contribution is 2.26. The molecule has 1 heterocycles. The summed E-state index contributed by atoms with van der Waals surface area (Å²) in [6.07, 6.45) is 0.629. The number of sulfonamides is 1. The molecule has 0 atom stereocenters. The van der Waals surface area contributed by atoms with Crippen LogP contribution in [0, 0.1) is 17.6 Å². The van der Waals surface area contributed by atoms with Crippen molar-refractivity contribution in [3.05, 3.63) is 60.2 Å². The Labute approximate surface area is 150 Å². The van der Waals surface area contributed by atoms with Crippen LogP contribution in [-0.2, 0) is 14.8 Å². The zero-order chi connectivity index (χ0) is 18.7. The second kappa shape index (κ2) is 7.51. The van der Waals surface area contributed by atoms with Crippen molar-refractivity contribution in [3.8, 4) is 0 Å². The van der Waals surface area contributed by atoms with Crippen molar-refractivity contribution in [2.75, 3.05) is 18.4 Å². The third kappa shape index (κ3) is 3.91. The summed E-state index contributed by atoms with van der Waals surface area (Å²) in [5, 5.41) is 2.64. The Hall–Kier alpha value is -2.32. The zero-order valence-electron chi connectivity index (χ0n) is 13.9. The minimum Gasteiger partial charge on any atom is -0.326 e. The predicted molar refractivity (Wildman–Crippen MR) is 92.9 cm³/mol. The van der Waals surface area contributed by atoms with Crippen molar-refractivity contribution in [2.24, 2.45) is 5.92 Å². The third-order valence-electron chi connectivity index (χ3n) is 4.37. The van der Waals surface area contributed by atoms with E-state index in [1.807, 2.05) is 0 Å². The number of hydrogen-bond acceptors (Lipinski definition) is 3. The van der Waals surface area contributed by atoms with Gasteiger partial charge in [0.1, 0.15) is 16.5 Å². The van der Waals surface area contributed by atoms with E-state index in [4.69, 9.17) is 0 Å². The lowest BCUT2D eigenvalue weighted by atomic mass is 9.97. The third-order valence-corrected chi connectivity index (χ3v) is 6.30. The minimum absolute atomic E-state index is 0.123. The molecule has 1 amide bonds. The Morgan fingerprint density at radius 1 is 1.04 bits per heavy atom. The van der Waals surface area contributed by atoms with Crippen molar-refractivity contribution in [3.63, 3.8) is 0 Å². The summed E-state index contributed by atoms with van der Waals surface area (Å²) < 4.78 is 53.3. The number of halogens is 2. The van der Waals surface area contributed by atoms with Crippen LogP contribution in [0.15, 0.2) is 53.4 Å². The quantitative estimate of drug-likeness (QED) is 0.887. The molecule has 0 spiro atoms. The summed E-state index contributed by atoms with van der Waals surface area (Å²) in [4.78, 5) is 11.9. The fraction of sp³-hybridized carbons (Fsp3) is 0.278. The average molecular weight is 380 g/mol. The van der Waals surface area contributed by atoms with Crippen molar-refractivity contribution >= 4 is 21.6 Å². The van der Waals surface area contributed by atoms with Crippen LogP contribution in [0.3, 0.4) is 0 Å². The van der Waals surface area contributed by atoms with Crippen molar-refractivity contribution in [1.29, 1.82) is 0 Å². The highest BCUT2D eigenvalue weighted by Gasteiger charge is 2.33. The Morgan fingerprint density at radius 2 is 1.73 bits per heavy atom. The van der Waals surface area contributed by atoms with E-state index in [-0.39, 0.29) is 29.8 Å². The van der Waals surface area contributed by atoms with Gasteiger partial charge in [-0.2, -0.15) is 4.31 Å². The largest absolute Gasteiger partial charge is 0.326 e. The van der Waals surface area contributed by atoms with Gasteiger partial charge in [-0.15, -0.1) is 0 Å². The molecular weight excluding hydrogens is 362 g/mol. The minimum atomic E-state index is -3.93. The number of nitrogens with one attached hydrogen (secondary N) is 1. The van der Waals surface area contributed by atoms with Crippen LogP contribution in [0.5, 0.6) is 0 Å². The van der Waals surface area contributed by atoms with Crippen LogP contribution >= 0.6 is 0 Å². The molecule has 1 saturated heterocycles. The first-order valence-corrected chi connectivity index (χ1v) is 9.63. The van der Waals surface area contributed by atoms with Gasteiger partial charge in [0.2, 0.25) is 15.9 Å². The highest BCUT2D eigenvalue weighted by atomic mass is 32.2. The van der Waals surface area contributed by atoms with E-state index in [1.165, 1.54) is 40.7 Å². The molecule has 2 aromatic rings. The SMILES string of the molecule is O=C(Nc1cccc(F)c1)C1CCN(S(=O)(=O)c2ccccc2F)CC1. The molecular formula is C18H18F2N2O3S. The maximum absolute atomic E-state index is 13.8. The molecule has 5 nitrogen and oxygen atoms in total. The fourth-order valence-electron chi connectivity index (χ4n) is 2.96. The summed E-state index contributed by atoms with van der Waals surface area (Å²) in [5.74, 6) is -1.91. The van der Waals surface area contributed by atoms with E-state index in [9.17, 15) is 22.0 Å². The van der Waals surface area contributed by atoms with Gasteiger partial charge in [0.25, 0.3) is 0 Å². The lowest BCUT2D eigenvalue weighted by Gasteiger charge is -2.30. The van der Waals surface area contributed by atoms with Gasteiger partial charge in [-0.3, -0.25) is 4.79 Å². The van der Waals surface area contributed by atoms with Gasteiger partial charge in [0, 0.05) is 24.7 Å². The van der Waals surface area contributed by atoms with E-state index in [0.717, 1.165) is 6.07 Å². The number of anilines is 1. The molecule has 0 aromatic heterocycles. The Balaban J connectivity index is 1.64. The van der Waals surface area contributed by atoms with Crippen LogP contribution in [0.25, 0.3) is 0 Å². The van der Waals surface area contributed by atoms with Gasteiger partial charge in [-0.25, -0.2) is 17.2 Å². The van der Waals surface area contributed by atoms with Crippen LogP contribution in [0.4, 0.5) is 14.5 Å². The molecule has 8 heteroatoms. The van der Waals surface area contributed by atoms with Crippen LogP contribution in [0.2, 0.25) is 0 Å². The lowest BCUT2D eigenvalue weighted by molar-refractivity contribution is -0.120. The number of hydrogen-bond donors (Lipinski definition) is 1. The van der Waals surface area contributed by atoms with Gasteiger partial charge < -0.3 is 5.32 Å². The monoisotopic (exact) mass is 380 g/mol. The normalized spacial score (nSPS) is 16.4. The topological polar surface area (TPSA) is 66.5 Å². The molecule has 1 aliphatic rings. The number of benzene rings is 2. The van der Waals surface area contributed by atoms with Gasteiger partial charge in [0.05, 0.1) is 0 Å². The molecule has 3 rings (SSSR count). The average Bonchev–Trinajstić information content (AvgIpc) is 2.62. The number of rotatable bonds is 4.